The Balaban J connectivity index is 2.06. The van der Waals surface area contributed by atoms with Crippen molar-refractivity contribution in [3.05, 3.63) is 59.7 Å². The molecule has 106 valence electrons. The number of rotatable bonds is 7. The summed E-state index contributed by atoms with van der Waals surface area (Å²) in [5.41, 5.74) is 2.53. The SMILES string of the molecule is CNCCc1ccccc1COc1ccccc1OC. The van der Waals surface area contributed by atoms with E-state index in [1.165, 1.54) is 11.1 Å². The van der Waals surface area contributed by atoms with Gasteiger partial charge in [0.2, 0.25) is 0 Å². The number of likely N-dealkylation sites (N-methyl/N-ethyl adjacent to an activating group) is 1. The lowest BCUT2D eigenvalue weighted by molar-refractivity contribution is 0.283. The molecule has 0 aliphatic carbocycles. The van der Waals surface area contributed by atoms with Gasteiger partial charge in [0.25, 0.3) is 0 Å². The number of methoxy groups -OCH3 is 1. The molecule has 0 aromatic heterocycles. The second kappa shape index (κ2) is 7.56. The minimum absolute atomic E-state index is 0.556. The maximum absolute atomic E-state index is 5.89. The van der Waals surface area contributed by atoms with Crippen LogP contribution in [-0.4, -0.2) is 20.7 Å². The summed E-state index contributed by atoms with van der Waals surface area (Å²) in [5.74, 6) is 1.54. The normalized spacial score (nSPS) is 10.3. The fourth-order valence-electron chi connectivity index (χ4n) is 2.10. The first-order valence-corrected chi connectivity index (χ1v) is 6.82. The van der Waals surface area contributed by atoms with Gasteiger partial charge in [-0.15, -0.1) is 0 Å². The minimum Gasteiger partial charge on any atom is -0.493 e. The highest BCUT2D eigenvalue weighted by atomic mass is 16.5. The standard InChI is InChI=1S/C17H21NO2/c1-18-12-11-14-7-3-4-8-15(14)13-20-17-10-6-5-9-16(17)19-2/h3-10,18H,11-13H2,1-2H3. The minimum atomic E-state index is 0.556. The predicted molar refractivity (Wildman–Crippen MR) is 81.4 cm³/mol. The van der Waals surface area contributed by atoms with Gasteiger partial charge in [0, 0.05) is 0 Å². The van der Waals surface area contributed by atoms with Gasteiger partial charge in [-0.2, -0.15) is 0 Å². The van der Waals surface area contributed by atoms with Crippen LogP contribution >= 0.6 is 0 Å². The van der Waals surface area contributed by atoms with Crippen molar-refractivity contribution in [3.8, 4) is 11.5 Å². The van der Waals surface area contributed by atoms with Gasteiger partial charge in [0.05, 0.1) is 7.11 Å². The Morgan fingerprint density at radius 3 is 2.25 bits per heavy atom. The Labute approximate surface area is 120 Å². The second-order valence-corrected chi connectivity index (χ2v) is 4.56. The van der Waals surface area contributed by atoms with Gasteiger partial charge in [-0.05, 0) is 43.3 Å². The monoisotopic (exact) mass is 271 g/mol. The summed E-state index contributed by atoms with van der Waals surface area (Å²) in [6, 6.07) is 16.1. The average Bonchev–Trinajstić information content (AvgIpc) is 2.52. The van der Waals surface area contributed by atoms with E-state index in [0.29, 0.717) is 6.61 Å². The van der Waals surface area contributed by atoms with Crippen molar-refractivity contribution < 1.29 is 9.47 Å². The van der Waals surface area contributed by atoms with E-state index in [-0.39, 0.29) is 0 Å². The van der Waals surface area contributed by atoms with Crippen LogP contribution in [0.25, 0.3) is 0 Å². The van der Waals surface area contributed by atoms with Gasteiger partial charge in [0.15, 0.2) is 11.5 Å². The van der Waals surface area contributed by atoms with Gasteiger partial charge in [0.1, 0.15) is 6.61 Å². The Kier molecular flexibility index (Phi) is 5.44. The zero-order chi connectivity index (χ0) is 14.2. The molecule has 0 bridgehead atoms. The summed E-state index contributed by atoms with van der Waals surface area (Å²) in [6.45, 7) is 1.52. The van der Waals surface area contributed by atoms with Crippen molar-refractivity contribution in [2.75, 3.05) is 20.7 Å². The van der Waals surface area contributed by atoms with Crippen LogP contribution in [0.1, 0.15) is 11.1 Å². The lowest BCUT2D eigenvalue weighted by Gasteiger charge is -2.13. The van der Waals surface area contributed by atoms with Gasteiger partial charge in [-0.1, -0.05) is 36.4 Å². The number of para-hydroxylation sites is 2. The van der Waals surface area contributed by atoms with Crippen LogP contribution in [0.4, 0.5) is 0 Å². The number of ether oxygens (including phenoxy) is 2. The van der Waals surface area contributed by atoms with Crippen LogP contribution in [0.15, 0.2) is 48.5 Å². The molecule has 0 amide bonds. The molecule has 3 heteroatoms. The zero-order valence-corrected chi connectivity index (χ0v) is 12.1. The predicted octanol–water partition coefficient (Wildman–Crippen LogP) is 3.04. The van der Waals surface area contributed by atoms with E-state index < -0.39 is 0 Å². The molecule has 0 fully saturated rings. The zero-order valence-electron chi connectivity index (χ0n) is 12.1. The first-order chi connectivity index (χ1) is 9.85. The van der Waals surface area contributed by atoms with Crippen LogP contribution in [0.2, 0.25) is 0 Å². The van der Waals surface area contributed by atoms with Crippen LogP contribution in [0, 0.1) is 0 Å². The molecule has 2 rings (SSSR count). The summed E-state index contributed by atoms with van der Waals surface area (Å²) in [4.78, 5) is 0. The maximum atomic E-state index is 5.89. The van der Waals surface area contributed by atoms with Crippen LogP contribution < -0.4 is 14.8 Å². The van der Waals surface area contributed by atoms with Crippen LogP contribution in [0.5, 0.6) is 11.5 Å². The summed E-state index contributed by atoms with van der Waals surface area (Å²) in [7, 11) is 3.62. The quantitative estimate of drug-likeness (QED) is 0.839. The summed E-state index contributed by atoms with van der Waals surface area (Å²) >= 11 is 0. The molecule has 3 nitrogen and oxygen atoms in total. The van der Waals surface area contributed by atoms with Crippen LogP contribution in [0.3, 0.4) is 0 Å². The number of hydrogen-bond donors (Lipinski definition) is 1. The Hall–Kier alpha value is -2.00. The fourth-order valence-corrected chi connectivity index (χ4v) is 2.10. The lowest BCUT2D eigenvalue weighted by Crippen LogP contribution is -2.12. The van der Waals surface area contributed by atoms with Gasteiger partial charge in [-0.25, -0.2) is 0 Å². The van der Waals surface area contributed by atoms with E-state index in [1.807, 2.05) is 37.4 Å². The number of nitrogens with one attached hydrogen (secondary N) is 1. The van der Waals surface area contributed by atoms with Gasteiger partial charge in [-0.3, -0.25) is 0 Å². The summed E-state index contributed by atoms with van der Waals surface area (Å²) < 4.78 is 11.2. The Morgan fingerprint density at radius 2 is 1.55 bits per heavy atom. The summed E-state index contributed by atoms with van der Waals surface area (Å²) in [6.07, 6.45) is 1.00. The smallest absolute Gasteiger partial charge is 0.161 e. The van der Waals surface area contributed by atoms with Crippen molar-refractivity contribution in [3.63, 3.8) is 0 Å². The molecule has 0 unspecified atom stereocenters. The van der Waals surface area contributed by atoms with Crippen molar-refractivity contribution in [1.29, 1.82) is 0 Å². The Bertz CT molecular complexity index is 540. The topological polar surface area (TPSA) is 30.5 Å². The average molecular weight is 271 g/mol. The van der Waals surface area contributed by atoms with E-state index in [2.05, 4.69) is 23.5 Å². The Morgan fingerprint density at radius 1 is 0.900 bits per heavy atom. The molecule has 0 saturated heterocycles. The van der Waals surface area contributed by atoms with Crippen LogP contribution in [-0.2, 0) is 13.0 Å². The van der Waals surface area contributed by atoms with Gasteiger partial charge < -0.3 is 14.8 Å². The van der Waals surface area contributed by atoms with E-state index >= 15 is 0 Å². The highest BCUT2D eigenvalue weighted by Crippen LogP contribution is 2.27. The van der Waals surface area contributed by atoms with Crippen molar-refractivity contribution in [1.82, 2.24) is 5.32 Å². The molecule has 0 heterocycles. The lowest BCUT2D eigenvalue weighted by atomic mass is 10.1. The van der Waals surface area contributed by atoms with E-state index in [9.17, 15) is 0 Å². The van der Waals surface area contributed by atoms with Crippen molar-refractivity contribution in [2.24, 2.45) is 0 Å². The molecular weight excluding hydrogens is 250 g/mol. The van der Waals surface area contributed by atoms with E-state index in [4.69, 9.17) is 9.47 Å². The number of benzene rings is 2. The molecule has 0 aliphatic rings. The number of hydrogen-bond acceptors (Lipinski definition) is 3. The van der Waals surface area contributed by atoms with Gasteiger partial charge >= 0.3 is 0 Å². The summed E-state index contributed by atoms with van der Waals surface area (Å²) in [5, 5.41) is 3.17. The molecule has 1 N–H and O–H groups in total. The second-order valence-electron chi connectivity index (χ2n) is 4.56. The molecule has 0 spiro atoms. The third-order valence-electron chi connectivity index (χ3n) is 3.21. The molecule has 0 saturated carbocycles. The fraction of sp³-hybridized carbons (Fsp3) is 0.294. The molecule has 0 aliphatic heterocycles. The molecule has 0 radical (unpaired) electrons. The maximum Gasteiger partial charge on any atom is 0.161 e. The molecule has 2 aromatic rings. The van der Waals surface area contributed by atoms with Crippen molar-refractivity contribution in [2.45, 2.75) is 13.0 Å². The molecule has 20 heavy (non-hydrogen) atoms. The first-order valence-electron chi connectivity index (χ1n) is 6.82. The first kappa shape index (κ1) is 14.4. The molecule has 2 aromatic carbocycles. The largest absolute Gasteiger partial charge is 0.493 e. The molecule has 0 atom stereocenters. The molecular formula is C17H21NO2. The highest BCUT2D eigenvalue weighted by molar-refractivity contribution is 5.39. The third-order valence-corrected chi connectivity index (χ3v) is 3.21. The van der Waals surface area contributed by atoms with Crippen molar-refractivity contribution >= 4 is 0 Å². The third kappa shape index (κ3) is 3.75. The highest BCUT2D eigenvalue weighted by Gasteiger charge is 2.05. The van der Waals surface area contributed by atoms with E-state index in [0.717, 1.165) is 24.5 Å². The van der Waals surface area contributed by atoms with E-state index in [1.54, 1.807) is 7.11 Å².